The van der Waals surface area contributed by atoms with E-state index in [1.54, 1.807) is 7.11 Å². The van der Waals surface area contributed by atoms with Gasteiger partial charge in [-0.15, -0.1) is 10.2 Å². The molecule has 2 aromatic rings. The van der Waals surface area contributed by atoms with Gasteiger partial charge < -0.3 is 14.6 Å². The number of nitrogens with zero attached hydrogens (tertiary/aromatic N) is 4. The van der Waals surface area contributed by atoms with E-state index in [9.17, 15) is 0 Å². The van der Waals surface area contributed by atoms with Gasteiger partial charge in [-0.3, -0.25) is 4.90 Å². The highest BCUT2D eigenvalue weighted by Gasteiger charge is 2.26. The zero-order valence-electron chi connectivity index (χ0n) is 15.2. The van der Waals surface area contributed by atoms with Crippen LogP contribution in [0.25, 0.3) is 0 Å². The molecule has 0 amide bonds. The predicted molar refractivity (Wildman–Crippen MR) is 96.5 cm³/mol. The summed E-state index contributed by atoms with van der Waals surface area (Å²) in [5, 5.41) is 12.6. The second-order valence-electron chi connectivity index (χ2n) is 7.15. The number of hydrogen-bond acceptors (Lipinski definition) is 5. The molecule has 0 unspecified atom stereocenters. The number of hydrogen-bond donors (Lipinski definition) is 1. The lowest BCUT2D eigenvalue weighted by atomic mass is 10.0. The van der Waals surface area contributed by atoms with Crippen LogP contribution in [-0.2, 0) is 19.6 Å². The fourth-order valence-electron chi connectivity index (χ4n) is 3.92. The maximum Gasteiger partial charge on any atom is 0.150 e. The highest BCUT2D eigenvalue weighted by molar-refractivity contribution is 5.37. The molecule has 1 saturated heterocycles. The number of methoxy groups -OCH3 is 1. The van der Waals surface area contributed by atoms with Gasteiger partial charge in [0, 0.05) is 25.2 Å². The second-order valence-corrected chi connectivity index (χ2v) is 7.15. The minimum atomic E-state index is 0.374. The van der Waals surface area contributed by atoms with Gasteiger partial charge >= 0.3 is 0 Å². The smallest absolute Gasteiger partial charge is 0.150 e. The molecule has 3 heterocycles. The maximum atomic E-state index is 5.55. The van der Waals surface area contributed by atoms with Crippen molar-refractivity contribution in [1.82, 2.24) is 25.0 Å². The van der Waals surface area contributed by atoms with E-state index in [4.69, 9.17) is 4.74 Å². The number of benzene rings is 1. The highest BCUT2D eigenvalue weighted by Crippen LogP contribution is 2.26. The number of nitrogens with one attached hydrogen (secondary N) is 1. The topological polar surface area (TPSA) is 55.2 Å². The first kappa shape index (κ1) is 16.5. The Bertz CT molecular complexity index is 735. The summed E-state index contributed by atoms with van der Waals surface area (Å²) in [5.74, 6) is 3.18. The Morgan fingerprint density at radius 1 is 1.24 bits per heavy atom. The molecule has 1 fully saturated rings. The van der Waals surface area contributed by atoms with E-state index >= 15 is 0 Å². The van der Waals surface area contributed by atoms with Gasteiger partial charge in [0.1, 0.15) is 17.4 Å². The van der Waals surface area contributed by atoms with Gasteiger partial charge in [0.05, 0.1) is 19.7 Å². The van der Waals surface area contributed by atoms with Crippen LogP contribution >= 0.6 is 0 Å². The molecule has 0 spiro atoms. The fourth-order valence-corrected chi connectivity index (χ4v) is 3.92. The van der Waals surface area contributed by atoms with Gasteiger partial charge in [-0.1, -0.05) is 18.6 Å². The third-order valence-corrected chi connectivity index (χ3v) is 5.32. The van der Waals surface area contributed by atoms with Crippen LogP contribution in [0.3, 0.4) is 0 Å². The van der Waals surface area contributed by atoms with Gasteiger partial charge in [0.25, 0.3) is 0 Å². The lowest BCUT2D eigenvalue weighted by Gasteiger charge is -2.30. The van der Waals surface area contributed by atoms with Crippen LogP contribution in [0, 0.1) is 6.92 Å². The zero-order chi connectivity index (χ0) is 17.2. The molecule has 134 valence electrons. The number of fused-ring (bicyclic) bond motifs is 1. The van der Waals surface area contributed by atoms with Crippen molar-refractivity contribution < 1.29 is 4.74 Å². The first-order valence-corrected chi connectivity index (χ1v) is 9.26. The van der Waals surface area contributed by atoms with Gasteiger partial charge in [-0.05, 0) is 37.9 Å². The summed E-state index contributed by atoms with van der Waals surface area (Å²) in [6.07, 6.45) is 3.71. The van der Waals surface area contributed by atoms with Crippen molar-refractivity contribution in [3.05, 3.63) is 41.0 Å². The van der Waals surface area contributed by atoms with Crippen molar-refractivity contribution in [3.63, 3.8) is 0 Å². The molecule has 2 aliphatic heterocycles. The molecule has 2 aliphatic rings. The van der Waals surface area contributed by atoms with Gasteiger partial charge in [-0.2, -0.15) is 0 Å². The molecule has 1 N–H and O–H groups in total. The minimum Gasteiger partial charge on any atom is -0.496 e. The molecule has 25 heavy (non-hydrogen) atoms. The van der Waals surface area contributed by atoms with Crippen molar-refractivity contribution in [3.8, 4) is 5.75 Å². The van der Waals surface area contributed by atoms with Crippen LogP contribution in [0.4, 0.5) is 0 Å². The Labute approximate surface area is 149 Å². The summed E-state index contributed by atoms with van der Waals surface area (Å²) in [6, 6.07) is 6.80. The van der Waals surface area contributed by atoms with E-state index in [0.717, 1.165) is 50.1 Å². The van der Waals surface area contributed by atoms with Crippen LogP contribution in [0.5, 0.6) is 5.75 Å². The lowest BCUT2D eigenvalue weighted by Crippen LogP contribution is -2.36. The Morgan fingerprint density at radius 2 is 2.16 bits per heavy atom. The summed E-state index contributed by atoms with van der Waals surface area (Å²) in [6.45, 7) is 6.89. The standard InChI is InChI=1S/C19H27N5O/c1-14-6-7-15(17(11-14)25-2)12-23-9-10-24-18(13-23)21-22-19(24)16-5-3-4-8-20-16/h6-7,11,16,20H,3-5,8-10,12-13H2,1-2H3/t16-/m1/s1. The van der Waals surface area contributed by atoms with E-state index in [1.807, 2.05) is 0 Å². The normalized spacial score (nSPS) is 21.1. The van der Waals surface area contributed by atoms with Crippen LogP contribution < -0.4 is 10.1 Å². The van der Waals surface area contributed by atoms with E-state index in [-0.39, 0.29) is 0 Å². The number of aryl methyl sites for hydroxylation is 1. The first-order chi connectivity index (χ1) is 12.2. The molecule has 1 aromatic heterocycles. The molecular formula is C19H27N5O. The van der Waals surface area contributed by atoms with Gasteiger partial charge in [-0.25, -0.2) is 0 Å². The third kappa shape index (κ3) is 3.41. The monoisotopic (exact) mass is 341 g/mol. The number of piperidine rings is 1. The maximum absolute atomic E-state index is 5.55. The Balaban J connectivity index is 1.48. The van der Waals surface area contributed by atoms with Gasteiger partial charge in [0.2, 0.25) is 0 Å². The van der Waals surface area contributed by atoms with E-state index < -0.39 is 0 Å². The lowest BCUT2D eigenvalue weighted by molar-refractivity contribution is 0.202. The third-order valence-electron chi connectivity index (χ3n) is 5.32. The van der Waals surface area contributed by atoms with E-state index in [0.29, 0.717) is 6.04 Å². The van der Waals surface area contributed by atoms with Gasteiger partial charge in [0.15, 0.2) is 0 Å². The van der Waals surface area contributed by atoms with Crippen LogP contribution in [-0.4, -0.2) is 39.9 Å². The molecule has 6 heteroatoms. The van der Waals surface area contributed by atoms with Crippen LogP contribution in [0.1, 0.15) is 48.1 Å². The quantitative estimate of drug-likeness (QED) is 0.926. The molecule has 4 rings (SSSR count). The Hall–Kier alpha value is -1.92. The Morgan fingerprint density at radius 3 is 2.96 bits per heavy atom. The summed E-state index contributed by atoms with van der Waals surface area (Å²) in [5.41, 5.74) is 2.46. The molecule has 0 radical (unpaired) electrons. The molecule has 6 nitrogen and oxygen atoms in total. The largest absolute Gasteiger partial charge is 0.496 e. The highest BCUT2D eigenvalue weighted by atomic mass is 16.5. The molecule has 0 bridgehead atoms. The van der Waals surface area contributed by atoms with Crippen molar-refractivity contribution in [2.45, 2.75) is 51.9 Å². The average molecular weight is 341 g/mol. The fraction of sp³-hybridized carbons (Fsp3) is 0.579. The average Bonchev–Trinajstić information content (AvgIpc) is 3.07. The summed E-state index contributed by atoms with van der Waals surface area (Å²) in [7, 11) is 1.74. The SMILES string of the molecule is COc1cc(C)ccc1CN1CCn2c(nnc2[C@H]2CCCCN2)C1. The number of ether oxygens (including phenoxy) is 1. The van der Waals surface area contributed by atoms with Crippen LogP contribution in [0.2, 0.25) is 0 Å². The first-order valence-electron chi connectivity index (χ1n) is 9.26. The molecule has 0 saturated carbocycles. The molecule has 0 aliphatic carbocycles. The molecule has 1 atom stereocenters. The zero-order valence-corrected chi connectivity index (χ0v) is 15.2. The molecule has 1 aromatic carbocycles. The summed E-state index contributed by atoms with van der Waals surface area (Å²) >= 11 is 0. The summed E-state index contributed by atoms with van der Waals surface area (Å²) in [4.78, 5) is 2.43. The second kappa shape index (κ2) is 7.14. The Kier molecular flexibility index (Phi) is 4.72. The van der Waals surface area contributed by atoms with Crippen molar-refractivity contribution in [2.75, 3.05) is 20.2 Å². The molecular weight excluding hydrogens is 314 g/mol. The summed E-state index contributed by atoms with van der Waals surface area (Å²) < 4.78 is 7.88. The number of rotatable bonds is 4. The number of aromatic nitrogens is 3. The van der Waals surface area contributed by atoms with E-state index in [2.05, 4.69) is 50.1 Å². The van der Waals surface area contributed by atoms with Crippen molar-refractivity contribution >= 4 is 0 Å². The van der Waals surface area contributed by atoms with Crippen LogP contribution in [0.15, 0.2) is 18.2 Å². The van der Waals surface area contributed by atoms with E-state index in [1.165, 1.54) is 30.4 Å². The van der Waals surface area contributed by atoms with Crippen molar-refractivity contribution in [1.29, 1.82) is 0 Å². The predicted octanol–water partition coefficient (Wildman–Crippen LogP) is 2.43. The van der Waals surface area contributed by atoms with Crippen molar-refractivity contribution in [2.24, 2.45) is 0 Å². The minimum absolute atomic E-state index is 0.374.